The van der Waals surface area contributed by atoms with Crippen LogP contribution in [0.3, 0.4) is 0 Å². The largest absolute Gasteiger partial charge is 0.465 e. The van der Waals surface area contributed by atoms with E-state index in [1.165, 1.54) is 0 Å². The molecule has 1 unspecified atom stereocenters. The summed E-state index contributed by atoms with van der Waals surface area (Å²) < 4.78 is 40.3. The summed E-state index contributed by atoms with van der Waals surface area (Å²) in [6.45, 7) is 11.3. The Morgan fingerprint density at radius 2 is 0.556 bits per heavy atom. The van der Waals surface area contributed by atoms with Gasteiger partial charge in [-0.2, -0.15) is 0 Å². The van der Waals surface area contributed by atoms with Crippen LogP contribution in [0.1, 0.15) is 253 Å². The van der Waals surface area contributed by atoms with Gasteiger partial charge in [-0.3, -0.25) is 33.6 Å². The molecule has 0 bridgehead atoms. The third kappa shape index (κ3) is 39.7. The van der Waals surface area contributed by atoms with Crippen LogP contribution in [-0.2, 0) is 66.7 Å². The molecular formula is C57H103NO14. The summed E-state index contributed by atoms with van der Waals surface area (Å²) in [6.07, 6.45) is 22.0. The zero-order chi connectivity index (χ0) is 53.7. The number of esters is 7. The minimum Gasteiger partial charge on any atom is -0.465 e. The van der Waals surface area contributed by atoms with Gasteiger partial charge < -0.3 is 38.1 Å². The lowest BCUT2D eigenvalue weighted by atomic mass is 9.92. The van der Waals surface area contributed by atoms with Crippen LogP contribution in [0.25, 0.3) is 0 Å². The Hall–Kier alpha value is -3.75. The topological polar surface area (TPSA) is 187 Å². The maximum absolute atomic E-state index is 13.4. The third-order valence-corrected chi connectivity index (χ3v) is 12.7. The minimum atomic E-state index is -1.60. The lowest BCUT2D eigenvalue weighted by molar-refractivity contribution is -0.173. The minimum absolute atomic E-state index is 0.0633. The van der Waals surface area contributed by atoms with Crippen LogP contribution in [0.4, 0.5) is 0 Å². The predicted molar refractivity (Wildman–Crippen MR) is 281 cm³/mol. The van der Waals surface area contributed by atoms with E-state index in [0.29, 0.717) is 13.0 Å². The van der Waals surface area contributed by atoms with Crippen molar-refractivity contribution in [3.8, 4) is 0 Å². The van der Waals surface area contributed by atoms with Crippen molar-refractivity contribution >= 4 is 41.8 Å². The van der Waals surface area contributed by atoms with Gasteiger partial charge in [0.05, 0.1) is 38.5 Å². The second-order valence-corrected chi connectivity index (χ2v) is 20.2. The summed E-state index contributed by atoms with van der Waals surface area (Å²) >= 11 is 0. The summed E-state index contributed by atoms with van der Waals surface area (Å²) in [7, 11) is 3.76. The molecule has 0 rings (SSSR count). The van der Waals surface area contributed by atoms with Gasteiger partial charge >= 0.3 is 41.8 Å². The van der Waals surface area contributed by atoms with E-state index in [2.05, 4.69) is 41.5 Å². The Morgan fingerprint density at radius 3 is 0.819 bits per heavy atom. The summed E-state index contributed by atoms with van der Waals surface area (Å²) in [5.41, 5.74) is -1.60. The van der Waals surface area contributed by atoms with Crippen LogP contribution in [-0.4, -0.2) is 112 Å². The molecule has 0 aromatic carbocycles. The average Bonchev–Trinajstić information content (AvgIpc) is 3.35. The van der Waals surface area contributed by atoms with E-state index in [1.54, 1.807) is 0 Å². The fourth-order valence-corrected chi connectivity index (χ4v) is 8.05. The van der Waals surface area contributed by atoms with Crippen LogP contribution in [0.15, 0.2) is 0 Å². The van der Waals surface area contributed by atoms with E-state index in [1.807, 2.05) is 19.0 Å². The molecule has 72 heavy (non-hydrogen) atoms. The molecule has 0 aromatic rings. The third-order valence-electron chi connectivity index (χ3n) is 12.7. The van der Waals surface area contributed by atoms with Gasteiger partial charge in [0.15, 0.2) is 0 Å². The first-order valence-corrected chi connectivity index (χ1v) is 28.5. The molecule has 0 radical (unpaired) electrons. The molecule has 420 valence electrons. The van der Waals surface area contributed by atoms with Crippen molar-refractivity contribution in [1.82, 2.24) is 4.90 Å². The lowest BCUT2D eigenvalue weighted by Crippen LogP contribution is -2.44. The van der Waals surface area contributed by atoms with Gasteiger partial charge in [0, 0.05) is 6.42 Å². The van der Waals surface area contributed by atoms with Crippen molar-refractivity contribution in [3.05, 3.63) is 0 Å². The van der Waals surface area contributed by atoms with Gasteiger partial charge in [-0.05, 0) is 104 Å². The lowest BCUT2D eigenvalue weighted by Gasteiger charge is -2.31. The predicted octanol–water partition coefficient (Wildman–Crippen LogP) is 12.4. The number of hydrogen-bond acceptors (Lipinski definition) is 15. The van der Waals surface area contributed by atoms with E-state index < -0.39 is 73.6 Å². The SMILES string of the molecule is CCCCCCC(CCCCC)OC(=O)CCC(=O)OCC(COC(=O)CCCN(C)C)(COC(=O)CCC(=O)OC(CCCCC)CCCCC)COC(=O)CCC(=O)OC(CCCCC)CCCCC. The molecular weight excluding hydrogens is 923 g/mol. The first-order chi connectivity index (χ1) is 34.7. The first kappa shape index (κ1) is 68.2. The van der Waals surface area contributed by atoms with Gasteiger partial charge in [-0.25, -0.2) is 0 Å². The number of unbranched alkanes of at least 4 members (excludes halogenated alkanes) is 13. The summed E-state index contributed by atoms with van der Waals surface area (Å²) in [5.74, 6) is -4.40. The first-order valence-electron chi connectivity index (χ1n) is 28.5. The maximum atomic E-state index is 13.4. The number of carbonyl (C=O) groups excluding carboxylic acids is 7. The number of ether oxygens (including phenoxy) is 7. The Balaban J connectivity index is 6.31. The normalized spacial score (nSPS) is 11.9. The second kappa shape index (κ2) is 45.8. The fourth-order valence-electron chi connectivity index (χ4n) is 8.05. The second-order valence-electron chi connectivity index (χ2n) is 20.2. The van der Waals surface area contributed by atoms with Crippen molar-refractivity contribution in [2.45, 2.75) is 272 Å². The quantitative estimate of drug-likeness (QED) is 0.0318. The van der Waals surface area contributed by atoms with Crippen LogP contribution < -0.4 is 0 Å². The van der Waals surface area contributed by atoms with Crippen LogP contribution in [0, 0.1) is 5.41 Å². The molecule has 0 aromatic heterocycles. The summed E-state index contributed by atoms with van der Waals surface area (Å²) in [6, 6.07) is 0. The maximum Gasteiger partial charge on any atom is 0.306 e. The van der Waals surface area contributed by atoms with Crippen molar-refractivity contribution in [2.75, 3.05) is 47.1 Å². The van der Waals surface area contributed by atoms with Gasteiger partial charge in [0.25, 0.3) is 0 Å². The Kier molecular flexibility index (Phi) is 43.4. The summed E-state index contributed by atoms with van der Waals surface area (Å²) in [4.78, 5) is 94.1. The summed E-state index contributed by atoms with van der Waals surface area (Å²) in [5, 5.41) is 0. The van der Waals surface area contributed by atoms with E-state index >= 15 is 0 Å². The molecule has 0 spiro atoms. The van der Waals surface area contributed by atoms with Crippen molar-refractivity contribution < 1.29 is 66.7 Å². The van der Waals surface area contributed by atoms with E-state index in [4.69, 9.17) is 33.2 Å². The molecule has 0 N–H and O–H groups in total. The highest BCUT2D eigenvalue weighted by Gasteiger charge is 2.38. The van der Waals surface area contributed by atoms with Crippen LogP contribution in [0.5, 0.6) is 0 Å². The molecule has 15 nitrogen and oxygen atoms in total. The van der Waals surface area contributed by atoms with Gasteiger partial charge in [-0.15, -0.1) is 0 Å². The highest BCUT2D eigenvalue weighted by atomic mass is 16.6. The molecule has 0 saturated heterocycles. The molecule has 15 heteroatoms. The van der Waals surface area contributed by atoms with Crippen LogP contribution >= 0.6 is 0 Å². The average molecular weight is 1030 g/mol. The van der Waals surface area contributed by atoms with Crippen molar-refractivity contribution in [1.29, 1.82) is 0 Å². The van der Waals surface area contributed by atoms with Gasteiger partial charge in [0.1, 0.15) is 50.2 Å². The Bertz CT molecular complexity index is 1360. The molecule has 1 atom stereocenters. The highest BCUT2D eigenvalue weighted by Crippen LogP contribution is 2.24. The van der Waals surface area contributed by atoms with E-state index in [-0.39, 0.29) is 63.3 Å². The fraction of sp³-hybridized carbons (Fsp3) is 0.877. The Morgan fingerprint density at radius 1 is 0.319 bits per heavy atom. The van der Waals surface area contributed by atoms with Crippen molar-refractivity contribution in [2.24, 2.45) is 5.41 Å². The van der Waals surface area contributed by atoms with Crippen molar-refractivity contribution in [3.63, 3.8) is 0 Å². The zero-order valence-corrected chi connectivity index (χ0v) is 46.8. The highest BCUT2D eigenvalue weighted by molar-refractivity contribution is 5.79. The molecule has 0 aliphatic carbocycles. The number of hydrogen-bond donors (Lipinski definition) is 0. The Labute approximate surface area is 436 Å². The molecule has 0 amide bonds. The molecule has 0 heterocycles. The molecule has 0 fully saturated rings. The van der Waals surface area contributed by atoms with Crippen LogP contribution in [0.2, 0.25) is 0 Å². The number of rotatable bonds is 49. The molecule has 0 aliphatic heterocycles. The smallest absolute Gasteiger partial charge is 0.306 e. The van der Waals surface area contributed by atoms with Gasteiger partial charge in [0.2, 0.25) is 0 Å². The monoisotopic (exact) mass is 1030 g/mol. The molecule has 0 saturated carbocycles. The molecule has 0 aliphatic rings. The van der Waals surface area contributed by atoms with Gasteiger partial charge in [-0.1, -0.05) is 125 Å². The number of carbonyl (C=O) groups is 7. The standard InChI is InChI=1S/C57H103NO14/c1-9-15-21-27-34-49(33-26-20-14-6)72-56(65)41-38-53(62)69-46-57(43-66-50(59)35-28-42-58(7)8,44-67-51(60)36-39-54(63)70-47(29-22-16-10-2)30-23-17-11-3)45-68-52(61)37-40-55(64)71-48(31-24-18-12-4)32-25-19-13-5/h47-49H,9-46H2,1-8H3. The van der Waals surface area contributed by atoms with E-state index in [0.717, 1.165) is 161 Å². The van der Waals surface area contributed by atoms with E-state index in [9.17, 15) is 33.6 Å². The number of nitrogens with zero attached hydrogens (tertiary/aromatic N) is 1. The zero-order valence-electron chi connectivity index (χ0n) is 46.8.